The third kappa shape index (κ3) is 2.98. The molecule has 16 heavy (non-hydrogen) atoms. The van der Waals surface area contributed by atoms with Crippen LogP contribution in [0.5, 0.6) is 0 Å². The molecule has 1 aliphatic carbocycles. The van der Waals surface area contributed by atoms with Gasteiger partial charge in [-0.15, -0.1) is 0 Å². The highest BCUT2D eigenvalue weighted by Gasteiger charge is 2.39. The van der Waals surface area contributed by atoms with Gasteiger partial charge in [0.05, 0.1) is 0 Å². The fourth-order valence-electron chi connectivity index (χ4n) is 1.80. The smallest absolute Gasteiger partial charge is 0.315 e. The van der Waals surface area contributed by atoms with Gasteiger partial charge in [-0.05, 0) is 12.0 Å². The van der Waals surface area contributed by atoms with Crippen molar-refractivity contribution in [2.24, 2.45) is 0 Å². The molecule has 0 unspecified atom stereocenters. The van der Waals surface area contributed by atoms with E-state index in [9.17, 15) is 4.79 Å². The lowest BCUT2D eigenvalue weighted by Gasteiger charge is -2.05. The molecule has 2 atom stereocenters. The molecular weight excluding hydrogens is 268 g/mol. The molecule has 86 valence electrons. The molecule has 1 saturated carbocycles. The van der Waals surface area contributed by atoms with Crippen molar-refractivity contribution in [1.29, 1.82) is 0 Å². The molecule has 0 heterocycles. The van der Waals surface area contributed by atoms with E-state index in [2.05, 4.69) is 38.7 Å². The van der Waals surface area contributed by atoms with Crippen LogP contribution >= 0.6 is 15.9 Å². The molecule has 0 radical (unpaired) electrons. The molecule has 1 fully saturated rings. The summed E-state index contributed by atoms with van der Waals surface area (Å²) in [4.78, 5) is 11.4. The highest BCUT2D eigenvalue weighted by molar-refractivity contribution is 9.09. The fourth-order valence-corrected chi connectivity index (χ4v) is 2.00. The minimum Gasteiger partial charge on any atom is -0.337 e. The maximum atomic E-state index is 11.4. The van der Waals surface area contributed by atoms with Crippen LogP contribution in [0.2, 0.25) is 0 Å². The van der Waals surface area contributed by atoms with Crippen LogP contribution in [0.3, 0.4) is 0 Å². The summed E-state index contributed by atoms with van der Waals surface area (Å²) in [7, 11) is 0. The van der Waals surface area contributed by atoms with Crippen LogP contribution in [0.25, 0.3) is 0 Å². The number of nitrogens with one attached hydrogen (secondary N) is 2. The summed E-state index contributed by atoms with van der Waals surface area (Å²) >= 11 is 3.27. The third-order valence-electron chi connectivity index (χ3n) is 2.71. The second-order valence-corrected chi connectivity index (χ2v) is 4.74. The van der Waals surface area contributed by atoms with Crippen LogP contribution in [-0.4, -0.2) is 23.9 Å². The number of amides is 2. The van der Waals surface area contributed by atoms with Crippen molar-refractivity contribution in [3.63, 3.8) is 0 Å². The Hall–Kier alpha value is -1.03. The van der Waals surface area contributed by atoms with Crippen molar-refractivity contribution in [2.75, 3.05) is 11.9 Å². The van der Waals surface area contributed by atoms with E-state index in [0.717, 1.165) is 11.8 Å². The Morgan fingerprint density at radius 1 is 1.38 bits per heavy atom. The summed E-state index contributed by atoms with van der Waals surface area (Å²) in [5.41, 5.74) is 1.31. The summed E-state index contributed by atoms with van der Waals surface area (Å²) in [6.45, 7) is 0.661. The predicted molar refractivity (Wildman–Crippen MR) is 67.9 cm³/mol. The highest BCUT2D eigenvalue weighted by atomic mass is 79.9. The number of carbonyl (C=O) groups excluding carboxylic acids is 1. The lowest BCUT2D eigenvalue weighted by molar-refractivity contribution is 0.241. The van der Waals surface area contributed by atoms with E-state index in [0.29, 0.717) is 18.5 Å². The number of alkyl halides is 1. The number of urea groups is 1. The van der Waals surface area contributed by atoms with Gasteiger partial charge in [0, 0.05) is 23.8 Å². The van der Waals surface area contributed by atoms with Gasteiger partial charge in [0.15, 0.2) is 0 Å². The van der Waals surface area contributed by atoms with Gasteiger partial charge in [-0.3, -0.25) is 0 Å². The molecule has 3 nitrogen and oxygen atoms in total. The number of halogens is 1. The van der Waals surface area contributed by atoms with Crippen LogP contribution in [0, 0.1) is 0 Å². The lowest BCUT2D eigenvalue weighted by Crippen LogP contribution is -2.38. The second-order valence-electron chi connectivity index (χ2n) is 3.95. The van der Waals surface area contributed by atoms with E-state index in [4.69, 9.17) is 0 Å². The third-order valence-corrected chi connectivity index (χ3v) is 3.11. The Balaban J connectivity index is 1.77. The van der Waals surface area contributed by atoms with E-state index < -0.39 is 0 Å². The van der Waals surface area contributed by atoms with Gasteiger partial charge in [-0.1, -0.05) is 46.3 Å². The first kappa shape index (κ1) is 11.5. The zero-order valence-corrected chi connectivity index (χ0v) is 10.5. The SMILES string of the molecule is O=C(NCCBr)N[C@@H]1C[C@H]1c1ccccc1. The Kier molecular flexibility index (Phi) is 3.83. The molecule has 0 aromatic heterocycles. The molecule has 0 aliphatic heterocycles. The standard InChI is InChI=1S/C12H15BrN2O/c13-6-7-14-12(16)15-11-8-10(11)9-4-2-1-3-5-9/h1-5,10-11H,6-8H2,(H2,14,15,16)/t10-,11+/m0/s1. The van der Waals surface area contributed by atoms with Crippen LogP contribution in [-0.2, 0) is 0 Å². The van der Waals surface area contributed by atoms with Gasteiger partial charge < -0.3 is 10.6 Å². The number of hydrogen-bond donors (Lipinski definition) is 2. The first-order valence-corrected chi connectivity index (χ1v) is 6.58. The highest BCUT2D eigenvalue weighted by Crippen LogP contribution is 2.40. The molecule has 1 aromatic rings. The van der Waals surface area contributed by atoms with Crippen LogP contribution < -0.4 is 10.6 Å². The lowest BCUT2D eigenvalue weighted by atomic mass is 10.1. The maximum absolute atomic E-state index is 11.4. The zero-order chi connectivity index (χ0) is 11.4. The van der Waals surface area contributed by atoms with Crippen LogP contribution in [0.4, 0.5) is 4.79 Å². The summed E-state index contributed by atoms with van der Waals surface area (Å²) in [5, 5.41) is 6.53. The molecule has 2 amide bonds. The topological polar surface area (TPSA) is 41.1 Å². The van der Waals surface area contributed by atoms with Gasteiger partial charge in [0.1, 0.15) is 0 Å². The average Bonchev–Trinajstić information content (AvgIpc) is 3.07. The Bertz CT molecular complexity index is 355. The van der Waals surface area contributed by atoms with Crippen molar-refractivity contribution in [1.82, 2.24) is 10.6 Å². The number of benzene rings is 1. The largest absolute Gasteiger partial charge is 0.337 e. The molecule has 0 spiro atoms. The minimum absolute atomic E-state index is 0.0668. The number of rotatable bonds is 4. The van der Waals surface area contributed by atoms with E-state index in [1.165, 1.54) is 5.56 Å². The number of carbonyl (C=O) groups is 1. The van der Waals surface area contributed by atoms with E-state index >= 15 is 0 Å². The molecule has 2 N–H and O–H groups in total. The zero-order valence-electron chi connectivity index (χ0n) is 8.95. The Morgan fingerprint density at radius 2 is 2.12 bits per heavy atom. The average molecular weight is 283 g/mol. The quantitative estimate of drug-likeness (QED) is 0.817. The molecule has 4 heteroatoms. The van der Waals surface area contributed by atoms with Crippen LogP contribution in [0.15, 0.2) is 30.3 Å². The first-order chi connectivity index (χ1) is 7.81. The van der Waals surface area contributed by atoms with Crippen molar-refractivity contribution in [3.8, 4) is 0 Å². The molecular formula is C12H15BrN2O. The van der Waals surface area contributed by atoms with Gasteiger partial charge in [0.2, 0.25) is 0 Å². The summed E-state index contributed by atoms with van der Waals surface area (Å²) in [6.07, 6.45) is 1.05. The summed E-state index contributed by atoms with van der Waals surface area (Å²) < 4.78 is 0. The van der Waals surface area contributed by atoms with Gasteiger partial charge >= 0.3 is 6.03 Å². The Morgan fingerprint density at radius 3 is 2.81 bits per heavy atom. The van der Waals surface area contributed by atoms with Crippen molar-refractivity contribution < 1.29 is 4.79 Å². The van der Waals surface area contributed by atoms with Crippen molar-refractivity contribution in [3.05, 3.63) is 35.9 Å². The number of hydrogen-bond acceptors (Lipinski definition) is 1. The predicted octanol–water partition coefficient (Wildman–Crippen LogP) is 2.24. The van der Waals surface area contributed by atoms with Crippen LogP contribution in [0.1, 0.15) is 17.9 Å². The fraction of sp³-hybridized carbons (Fsp3) is 0.417. The Labute approximate surface area is 104 Å². The molecule has 2 rings (SSSR count). The minimum atomic E-state index is -0.0668. The van der Waals surface area contributed by atoms with E-state index in [1.54, 1.807) is 0 Å². The van der Waals surface area contributed by atoms with Gasteiger partial charge in [0.25, 0.3) is 0 Å². The molecule has 0 saturated heterocycles. The normalized spacial score (nSPS) is 22.6. The molecule has 0 bridgehead atoms. The maximum Gasteiger partial charge on any atom is 0.315 e. The molecule has 1 aromatic carbocycles. The van der Waals surface area contributed by atoms with Gasteiger partial charge in [-0.2, -0.15) is 0 Å². The second kappa shape index (κ2) is 5.34. The van der Waals surface area contributed by atoms with E-state index in [-0.39, 0.29) is 6.03 Å². The van der Waals surface area contributed by atoms with Gasteiger partial charge in [-0.25, -0.2) is 4.79 Å². The first-order valence-electron chi connectivity index (χ1n) is 5.46. The van der Waals surface area contributed by atoms with Crippen molar-refractivity contribution >= 4 is 22.0 Å². The summed E-state index contributed by atoms with van der Waals surface area (Å²) in [6, 6.07) is 10.5. The monoisotopic (exact) mass is 282 g/mol. The molecule has 1 aliphatic rings. The summed E-state index contributed by atoms with van der Waals surface area (Å²) in [5.74, 6) is 0.496. The van der Waals surface area contributed by atoms with E-state index in [1.807, 2.05) is 18.2 Å². The van der Waals surface area contributed by atoms with Crippen molar-refractivity contribution in [2.45, 2.75) is 18.4 Å².